The monoisotopic (exact) mass is 204 g/mol. The Kier molecular flexibility index (Phi) is 2.39. The van der Waals surface area contributed by atoms with E-state index in [-0.39, 0.29) is 0 Å². The third-order valence-electron chi connectivity index (χ3n) is 2.34. The molecule has 2 aromatic heterocycles. The summed E-state index contributed by atoms with van der Waals surface area (Å²) < 4.78 is 0. The molecule has 0 unspecified atom stereocenters. The quantitative estimate of drug-likeness (QED) is 0.652. The highest BCUT2D eigenvalue weighted by Crippen LogP contribution is 2.16. The van der Waals surface area contributed by atoms with E-state index in [4.69, 9.17) is 11.5 Å². The molecule has 0 aliphatic carbocycles. The van der Waals surface area contributed by atoms with Gasteiger partial charge in [0.1, 0.15) is 5.65 Å². The largest absolute Gasteiger partial charge is 0.368 e. The number of amides is 1. The van der Waals surface area contributed by atoms with Crippen molar-refractivity contribution in [1.29, 1.82) is 0 Å². The summed E-state index contributed by atoms with van der Waals surface area (Å²) in [6, 6.07) is 3.13. The number of H-pyrrole nitrogens is 1. The van der Waals surface area contributed by atoms with Crippen molar-refractivity contribution in [3.05, 3.63) is 30.1 Å². The zero-order valence-corrected chi connectivity index (χ0v) is 8.10. The zero-order valence-electron chi connectivity index (χ0n) is 8.10. The highest BCUT2D eigenvalue weighted by molar-refractivity contribution is 5.83. The van der Waals surface area contributed by atoms with Crippen LogP contribution < -0.4 is 11.5 Å². The SMILES string of the molecule is NC(=O)[C@@H](N)Cc1c[nH]c2ncccc12. The molecular formula is C10H12N4O. The molecule has 0 bridgehead atoms. The van der Waals surface area contributed by atoms with Gasteiger partial charge >= 0.3 is 0 Å². The molecule has 15 heavy (non-hydrogen) atoms. The van der Waals surface area contributed by atoms with Crippen LogP contribution in [0.5, 0.6) is 0 Å². The first kappa shape index (κ1) is 9.67. The van der Waals surface area contributed by atoms with Crippen LogP contribution in [0.4, 0.5) is 0 Å². The second-order valence-electron chi connectivity index (χ2n) is 3.43. The molecule has 78 valence electrons. The molecule has 0 saturated heterocycles. The van der Waals surface area contributed by atoms with Crippen LogP contribution in [0.1, 0.15) is 5.56 Å². The average Bonchev–Trinajstić information content (AvgIpc) is 2.62. The minimum absolute atomic E-state index is 0.432. The lowest BCUT2D eigenvalue weighted by Gasteiger charge is -2.05. The Morgan fingerprint density at radius 2 is 2.40 bits per heavy atom. The molecule has 0 aliphatic rings. The summed E-state index contributed by atoms with van der Waals surface area (Å²) in [6.45, 7) is 0. The van der Waals surface area contributed by atoms with Gasteiger partial charge in [-0.25, -0.2) is 4.98 Å². The summed E-state index contributed by atoms with van der Waals surface area (Å²) in [4.78, 5) is 18.0. The van der Waals surface area contributed by atoms with E-state index in [0.717, 1.165) is 16.6 Å². The van der Waals surface area contributed by atoms with Gasteiger partial charge in [0, 0.05) is 17.8 Å². The molecule has 0 saturated carbocycles. The van der Waals surface area contributed by atoms with Crippen molar-refractivity contribution in [2.75, 3.05) is 0 Å². The van der Waals surface area contributed by atoms with Crippen LogP contribution in [-0.2, 0) is 11.2 Å². The van der Waals surface area contributed by atoms with Gasteiger partial charge in [-0.1, -0.05) is 0 Å². The Labute approximate surface area is 86.5 Å². The van der Waals surface area contributed by atoms with Crippen molar-refractivity contribution in [1.82, 2.24) is 9.97 Å². The van der Waals surface area contributed by atoms with Crippen molar-refractivity contribution >= 4 is 16.9 Å². The summed E-state index contributed by atoms with van der Waals surface area (Å²) in [5.41, 5.74) is 12.5. The maximum absolute atomic E-state index is 10.8. The number of rotatable bonds is 3. The lowest BCUT2D eigenvalue weighted by Crippen LogP contribution is -2.38. The Hall–Kier alpha value is -1.88. The standard InChI is InChI=1S/C10H12N4O/c11-8(9(12)15)4-6-5-14-10-7(6)2-1-3-13-10/h1-3,5,8H,4,11H2,(H2,12,15)(H,13,14)/t8-/m0/s1. The van der Waals surface area contributed by atoms with Gasteiger partial charge in [-0.15, -0.1) is 0 Å². The topological polar surface area (TPSA) is 97.8 Å². The number of nitrogens with zero attached hydrogens (tertiary/aromatic N) is 1. The summed E-state index contributed by atoms with van der Waals surface area (Å²) in [6.07, 6.45) is 3.94. The predicted molar refractivity (Wildman–Crippen MR) is 57.0 cm³/mol. The van der Waals surface area contributed by atoms with E-state index < -0.39 is 11.9 Å². The molecule has 0 spiro atoms. The predicted octanol–water partition coefficient (Wildman–Crippen LogP) is -0.0820. The number of aromatic nitrogens is 2. The molecular weight excluding hydrogens is 192 g/mol. The van der Waals surface area contributed by atoms with E-state index in [0.29, 0.717) is 6.42 Å². The van der Waals surface area contributed by atoms with E-state index >= 15 is 0 Å². The molecule has 5 N–H and O–H groups in total. The van der Waals surface area contributed by atoms with E-state index in [1.807, 2.05) is 12.1 Å². The van der Waals surface area contributed by atoms with E-state index in [1.165, 1.54) is 0 Å². The van der Waals surface area contributed by atoms with Gasteiger partial charge in [-0.05, 0) is 24.1 Å². The number of pyridine rings is 1. The number of nitrogens with two attached hydrogens (primary N) is 2. The molecule has 1 amide bonds. The van der Waals surface area contributed by atoms with Gasteiger partial charge in [0.05, 0.1) is 6.04 Å². The van der Waals surface area contributed by atoms with Crippen LogP contribution in [0.15, 0.2) is 24.5 Å². The van der Waals surface area contributed by atoms with E-state index in [1.54, 1.807) is 12.4 Å². The number of hydrogen-bond donors (Lipinski definition) is 3. The number of fused-ring (bicyclic) bond motifs is 1. The lowest BCUT2D eigenvalue weighted by molar-refractivity contribution is -0.119. The van der Waals surface area contributed by atoms with Crippen LogP contribution in [-0.4, -0.2) is 21.9 Å². The van der Waals surface area contributed by atoms with Crippen molar-refractivity contribution in [2.45, 2.75) is 12.5 Å². The molecule has 0 aromatic carbocycles. The Morgan fingerprint density at radius 1 is 1.60 bits per heavy atom. The number of hydrogen-bond acceptors (Lipinski definition) is 3. The fraction of sp³-hybridized carbons (Fsp3) is 0.200. The number of primary amides is 1. The minimum Gasteiger partial charge on any atom is -0.368 e. The minimum atomic E-state index is -0.649. The first-order valence-electron chi connectivity index (χ1n) is 4.64. The van der Waals surface area contributed by atoms with Crippen molar-refractivity contribution in [3.63, 3.8) is 0 Å². The lowest BCUT2D eigenvalue weighted by atomic mass is 10.1. The Morgan fingerprint density at radius 3 is 3.13 bits per heavy atom. The van der Waals surface area contributed by atoms with E-state index in [2.05, 4.69) is 9.97 Å². The maximum atomic E-state index is 10.8. The summed E-state index contributed by atoms with van der Waals surface area (Å²) in [5, 5.41) is 0.981. The fourth-order valence-corrected chi connectivity index (χ4v) is 1.52. The smallest absolute Gasteiger partial charge is 0.234 e. The first-order valence-corrected chi connectivity index (χ1v) is 4.64. The normalized spacial score (nSPS) is 12.9. The van der Waals surface area contributed by atoms with E-state index in [9.17, 15) is 4.79 Å². The third kappa shape index (κ3) is 1.82. The second kappa shape index (κ2) is 3.70. The van der Waals surface area contributed by atoms with Gasteiger partial charge in [-0.2, -0.15) is 0 Å². The van der Waals surface area contributed by atoms with Gasteiger partial charge < -0.3 is 16.5 Å². The van der Waals surface area contributed by atoms with Crippen LogP contribution in [0.25, 0.3) is 11.0 Å². The summed E-state index contributed by atoms with van der Waals surface area (Å²) in [5.74, 6) is -0.492. The van der Waals surface area contributed by atoms with Crippen LogP contribution in [0.3, 0.4) is 0 Å². The van der Waals surface area contributed by atoms with Crippen LogP contribution in [0.2, 0.25) is 0 Å². The summed E-state index contributed by atoms with van der Waals surface area (Å²) in [7, 11) is 0. The van der Waals surface area contributed by atoms with Crippen molar-refractivity contribution in [2.24, 2.45) is 11.5 Å². The van der Waals surface area contributed by atoms with Gasteiger partial charge in [0.2, 0.25) is 5.91 Å². The second-order valence-corrected chi connectivity index (χ2v) is 3.43. The molecule has 5 heteroatoms. The first-order chi connectivity index (χ1) is 7.18. The number of carbonyl (C=O) groups excluding carboxylic acids is 1. The average molecular weight is 204 g/mol. The molecule has 5 nitrogen and oxygen atoms in total. The molecule has 1 atom stereocenters. The Balaban J connectivity index is 2.32. The van der Waals surface area contributed by atoms with Gasteiger partial charge in [-0.3, -0.25) is 4.79 Å². The van der Waals surface area contributed by atoms with Gasteiger partial charge in [0.15, 0.2) is 0 Å². The number of carbonyl (C=O) groups is 1. The molecule has 0 radical (unpaired) electrons. The van der Waals surface area contributed by atoms with Crippen LogP contribution in [0, 0.1) is 0 Å². The molecule has 2 heterocycles. The van der Waals surface area contributed by atoms with Crippen LogP contribution >= 0.6 is 0 Å². The number of aromatic amines is 1. The summed E-state index contributed by atoms with van der Waals surface area (Å²) >= 11 is 0. The Bertz CT molecular complexity index is 491. The number of nitrogens with one attached hydrogen (secondary N) is 1. The fourth-order valence-electron chi connectivity index (χ4n) is 1.52. The molecule has 2 rings (SSSR count). The maximum Gasteiger partial charge on any atom is 0.234 e. The van der Waals surface area contributed by atoms with Crippen molar-refractivity contribution in [3.8, 4) is 0 Å². The molecule has 0 fully saturated rings. The molecule has 0 aliphatic heterocycles. The highest BCUT2D eigenvalue weighted by atomic mass is 16.1. The zero-order chi connectivity index (χ0) is 10.8. The molecule has 2 aromatic rings. The van der Waals surface area contributed by atoms with Gasteiger partial charge in [0.25, 0.3) is 0 Å². The highest BCUT2D eigenvalue weighted by Gasteiger charge is 2.12. The third-order valence-corrected chi connectivity index (χ3v) is 2.34. The van der Waals surface area contributed by atoms with Crippen molar-refractivity contribution < 1.29 is 4.79 Å².